The maximum absolute atomic E-state index is 10.9. The standard InChI is InChI=1S/C22H17N9O4/c32-30(33)18-10-6-15(7-11-18)14-23-29-22-27-20(24-16-4-2-1-3-5-16)26-21(28-22)25-17-8-12-19(13-9-17)31(34)35/h1-14H,(H3,24,25,26,27,28,29). The summed E-state index contributed by atoms with van der Waals surface area (Å²) in [6, 6.07) is 20.9. The first-order chi connectivity index (χ1) is 17.0. The molecule has 4 aromatic rings. The quantitative estimate of drug-likeness (QED) is 0.177. The molecular formula is C22H17N9O4. The highest BCUT2D eigenvalue weighted by atomic mass is 16.6. The van der Waals surface area contributed by atoms with E-state index in [0.717, 1.165) is 5.69 Å². The van der Waals surface area contributed by atoms with Crippen LogP contribution in [0.15, 0.2) is 84.0 Å². The number of nitro benzene ring substituents is 2. The molecule has 0 atom stereocenters. The fraction of sp³-hybridized carbons (Fsp3) is 0. The molecule has 1 heterocycles. The van der Waals surface area contributed by atoms with E-state index in [9.17, 15) is 20.2 Å². The minimum atomic E-state index is -0.487. The van der Waals surface area contributed by atoms with Gasteiger partial charge in [-0.1, -0.05) is 18.2 Å². The van der Waals surface area contributed by atoms with Crippen LogP contribution in [0.1, 0.15) is 5.56 Å². The van der Waals surface area contributed by atoms with Crippen molar-refractivity contribution in [2.45, 2.75) is 0 Å². The molecule has 13 heteroatoms. The SMILES string of the molecule is O=[N+]([O-])c1ccc(C=NNc2nc(Nc3ccccc3)nc(Nc3ccc([N+](=O)[O-])cc3)n2)cc1. The van der Waals surface area contributed by atoms with Gasteiger partial charge in [0.25, 0.3) is 11.4 Å². The highest BCUT2D eigenvalue weighted by molar-refractivity contribution is 5.80. The van der Waals surface area contributed by atoms with Gasteiger partial charge < -0.3 is 10.6 Å². The molecule has 0 amide bonds. The lowest BCUT2D eigenvalue weighted by atomic mass is 10.2. The maximum Gasteiger partial charge on any atom is 0.269 e. The Balaban J connectivity index is 1.55. The van der Waals surface area contributed by atoms with E-state index in [-0.39, 0.29) is 29.2 Å². The number of aromatic nitrogens is 3. The summed E-state index contributed by atoms with van der Waals surface area (Å²) < 4.78 is 0. The van der Waals surface area contributed by atoms with Crippen molar-refractivity contribution >= 4 is 46.8 Å². The summed E-state index contributed by atoms with van der Waals surface area (Å²) in [6.07, 6.45) is 1.46. The molecule has 13 nitrogen and oxygen atoms in total. The molecule has 0 aliphatic carbocycles. The summed E-state index contributed by atoms with van der Waals surface area (Å²) in [5.41, 5.74) is 4.56. The third kappa shape index (κ3) is 6.29. The first kappa shape index (κ1) is 22.7. The van der Waals surface area contributed by atoms with Gasteiger partial charge in [0, 0.05) is 35.6 Å². The molecule has 1 aromatic heterocycles. The molecule has 0 radical (unpaired) electrons. The van der Waals surface area contributed by atoms with Crippen LogP contribution < -0.4 is 16.1 Å². The van der Waals surface area contributed by atoms with Gasteiger partial charge >= 0.3 is 0 Å². The normalized spacial score (nSPS) is 10.6. The van der Waals surface area contributed by atoms with E-state index in [0.29, 0.717) is 11.3 Å². The molecule has 0 bridgehead atoms. The average molecular weight is 471 g/mol. The van der Waals surface area contributed by atoms with Crippen LogP contribution in [-0.2, 0) is 0 Å². The first-order valence-corrected chi connectivity index (χ1v) is 10.1. The first-order valence-electron chi connectivity index (χ1n) is 10.1. The van der Waals surface area contributed by atoms with Crippen molar-refractivity contribution in [3.8, 4) is 0 Å². The molecule has 4 rings (SSSR count). The van der Waals surface area contributed by atoms with Crippen LogP contribution in [-0.4, -0.2) is 31.0 Å². The molecule has 174 valence electrons. The number of hydrogen-bond acceptors (Lipinski definition) is 11. The van der Waals surface area contributed by atoms with Crippen LogP contribution in [0.4, 0.5) is 40.6 Å². The maximum atomic E-state index is 10.9. The Bertz CT molecular complexity index is 1360. The summed E-state index contributed by atoms with van der Waals surface area (Å²) in [4.78, 5) is 33.6. The van der Waals surface area contributed by atoms with E-state index >= 15 is 0 Å². The summed E-state index contributed by atoms with van der Waals surface area (Å²) in [5, 5.41) is 31.8. The van der Waals surface area contributed by atoms with Crippen molar-refractivity contribution < 1.29 is 9.85 Å². The predicted molar refractivity (Wildman–Crippen MR) is 130 cm³/mol. The zero-order valence-electron chi connectivity index (χ0n) is 17.9. The monoisotopic (exact) mass is 471 g/mol. The van der Waals surface area contributed by atoms with E-state index < -0.39 is 9.85 Å². The zero-order chi connectivity index (χ0) is 24.6. The van der Waals surface area contributed by atoms with E-state index in [1.165, 1.54) is 42.6 Å². The molecule has 0 saturated carbocycles. The number of benzene rings is 3. The number of hydrogen-bond donors (Lipinski definition) is 3. The van der Waals surface area contributed by atoms with E-state index in [1.807, 2.05) is 30.3 Å². The van der Waals surface area contributed by atoms with Gasteiger partial charge in [-0.05, 0) is 42.0 Å². The molecule has 0 fully saturated rings. The third-order valence-electron chi connectivity index (χ3n) is 4.48. The fourth-order valence-corrected chi connectivity index (χ4v) is 2.83. The van der Waals surface area contributed by atoms with E-state index in [1.54, 1.807) is 12.1 Å². The lowest BCUT2D eigenvalue weighted by Crippen LogP contribution is -2.07. The Hall–Kier alpha value is -5.46. The number of anilines is 5. The molecule has 3 aromatic carbocycles. The van der Waals surface area contributed by atoms with Gasteiger partial charge in [0.2, 0.25) is 17.8 Å². The van der Waals surface area contributed by atoms with Gasteiger partial charge in [0.1, 0.15) is 0 Å². The predicted octanol–water partition coefficient (Wildman–Crippen LogP) is 4.62. The Kier molecular flexibility index (Phi) is 6.78. The Labute approximate surface area is 197 Å². The van der Waals surface area contributed by atoms with E-state index in [2.05, 4.69) is 36.1 Å². The number of hydrazone groups is 1. The van der Waals surface area contributed by atoms with Crippen LogP contribution in [0.2, 0.25) is 0 Å². The minimum Gasteiger partial charge on any atom is -0.324 e. The van der Waals surface area contributed by atoms with E-state index in [4.69, 9.17) is 0 Å². The summed E-state index contributed by atoms with van der Waals surface area (Å²) in [6.45, 7) is 0. The largest absolute Gasteiger partial charge is 0.324 e. The van der Waals surface area contributed by atoms with Crippen molar-refractivity contribution in [1.82, 2.24) is 15.0 Å². The Morgan fingerprint density at radius 2 is 1.14 bits per heavy atom. The minimum absolute atomic E-state index is 0.0221. The van der Waals surface area contributed by atoms with Crippen molar-refractivity contribution in [2.24, 2.45) is 5.10 Å². The van der Waals surface area contributed by atoms with Crippen molar-refractivity contribution in [3.63, 3.8) is 0 Å². The molecule has 0 aliphatic rings. The second-order valence-corrected chi connectivity index (χ2v) is 6.94. The molecule has 0 unspecified atom stereocenters. The number of nitro groups is 2. The van der Waals surface area contributed by atoms with Crippen LogP contribution in [0.3, 0.4) is 0 Å². The number of rotatable bonds is 9. The van der Waals surface area contributed by atoms with Crippen LogP contribution in [0, 0.1) is 20.2 Å². The van der Waals surface area contributed by atoms with Gasteiger partial charge in [0.15, 0.2) is 0 Å². The smallest absolute Gasteiger partial charge is 0.269 e. The molecular weight excluding hydrogens is 454 g/mol. The lowest BCUT2D eigenvalue weighted by molar-refractivity contribution is -0.385. The summed E-state index contributed by atoms with van der Waals surface area (Å²) in [7, 11) is 0. The highest BCUT2D eigenvalue weighted by Gasteiger charge is 2.09. The second-order valence-electron chi connectivity index (χ2n) is 6.94. The molecule has 3 N–H and O–H groups in total. The topological polar surface area (TPSA) is 173 Å². The molecule has 0 aliphatic heterocycles. The van der Waals surface area contributed by atoms with Crippen molar-refractivity contribution in [3.05, 3.63) is 105 Å². The number of non-ortho nitro benzene ring substituents is 2. The van der Waals surface area contributed by atoms with Crippen molar-refractivity contribution in [2.75, 3.05) is 16.1 Å². The highest BCUT2D eigenvalue weighted by Crippen LogP contribution is 2.21. The number of nitrogens with one attached hydrogen (secondary N) is 3. The molecule has 0 saturated heterocycles. The zero-order valence-corrected chi connectivity index (χ0v) is 17.9. The lowest BCUT2D eigenvalue weighted by Gasteiger charge is -2.10. The third-order valence-corrected chi connectivity index (χ3v) is 4.48. The Morgan fingerprint density at radius 3 is 1.69 bits per heavy atom. The fourth-order valence-electron chi connectivity index (χ4n) is 2.83. The molecule has 0 spiro atoms. The van der Waals surface area contributed by atoms with Crippen LogP contribution >= 0.6 is 0 Å². The van der Waals surface area contributed by atoms with Crippen molar-refractivity contribution in [1.29, 1.82) is 0 Å². The summed E-state index contributed by atoms with van der Waals surface area (Å²) in [5.74, 6) is 0.505. The second kappa shape index (κ2) is 10.4. The average Bonchev–Trinajstić information content (AvgIpc) is 2.85. The van der Waals surface area contributed by atoms with Crippen LogP contribution in [0.25, 0.3) is 0 Å². The van der Waals surface area contributed by atoms with Gasteiger partial charge in [0.05, 0.1) is 16.1 Å². The van der Waals surface area contributed by atoms with Gasteiger partial charge in [-0.2, -0.15) is 20.1 Å². The van der Waals surface area contributed by atoms with Gasteiger partial charge in [-0.15, -0.1) is 0 Å². The summed E-state index contributed by atoms with van der Waals surface area (Å²) >= 11 is 0. The molecule has 35 heavy (non-hydrogen) atoms. The Morgan fingerprint density at radius 1 is 0.657 bits per heavy atom. The van der Waals surface area contributed by atoms with Gasteiger partial charge in [-0.3, -0.25) is 20.2 Å². The number of nitrogens with zero attached hydrogens (tertiary/aromatic N) is 6. The number of para-hydroxylation sites is 1. The van der Waals surface area contributed by atoms with Gasteiger partial charge in [-0.25, -0.2) is 5.43 Å². The van der Waals surface area contributed by atoms with Crippen LogP contribution in [0.5, 0.6) is 0 Å².